The third kappa shape index (κ3) is 3.21. The number of amides is 1. The Labute approximate surface area is 106 Å². The number of nitrogens with one attached hydrogen (secondary N) is 2. The summed E-state index contributed by atoms with van der Waals surface area (Å²) < 4.78 is 0. The van der Waals surface area contributed by atoms with Crippen molar-refractivity contribution in [2.24, 2.45) is 0 Å². The van der Waals surface area contributed by atoms with Crippen molar-refractivity contribution in [3.8, 4) is 0 Å². The lowest BCUT2D eigenvalue weighted by molar-refractivity contribution is 0.102. The van der Waals surface area contributed by atoms with Crippen molar-refractivity contribution in [2.75, 3.05) is 17.2 Å². The maximum atomic E-state index is 11.7. The summed E-state index contributed by atoms with van der Waals surface area (Å²) in [6, 6.07) is 0. The van der Waals surface area contributed by atoms with Crippen molar-refractivity contribution in [3.63, 3.8) is 0 Å². The fourth-order valence-corrected chi connectivity index (χ4v) is 2.24. The van der Waals surface area contributed by atoms with E-state index in [9.17, 15) is 4.79 Å². The predicted molar refractivity (Wildman–Crippen MR) is 68.8 cm³/mol. The highest BCUT2D eigenvalue weighted by atomic mass is 32.1. The van der Waals surface area contributed by atoms with E-state index in [1.54, 1.807) is 11.6 Å². The molecule has 0 aliphatic heterocycles. The molecule has 90 valence electrons. The first-order valence-electron chi connectivity index (χ1n) is 5.08. The van der Waals surface area contributed by atoms with E-state index in [4.69, 9.17) is 0 Å². The molecule has 0 spiro atoms. The molecule has 0 saturated heterocycles. The normalized spacial score (nSPS) is 10.2. The molecule has 2 rings (SSSR count). The van der Waals surface area contributed by atoms with Gasteiger partial charge in [-0.1, -0.05) is 18.3 Å². The molecule has 0 unspecified atom stereocenters. The Kier molecular flexibility index (Phi) is 3.99. The standard InChI is InChI=1S/C9H11N5OS2/c1-2-3-10-9-14-13-7(17-9)6(15)12-8-11-4-5-16-8/h4-5H,2-3H2,1H3,(H,10,14)(H,11,12,15). The smallest absolute Gasteiger partial charge is 0.288 e. The maximum Gasteiger partial charge on any atom is 0.288 e. The number of aromatic nitrogens is 3. The minimum atomic E-state index is -0.276. The van der Waals surface area contributed by atoms with Gasteiger partial charge in [-0.2, -0.15) is 0 Å². The minimum Gasteiger partial charge on any atom is -0.360 e. The molecule has 0 atom stereocenters. The van der Waals surface area contributed by atoms with Crippen molar-refractivity contribution < 1.29 is 4.79 Å². The summed E-state index contributed by atoms with van der Waals surface area (Å²) >= 11 is 2.60. The van der Waals surface area contributed by atoms with Gasteiger partial charge in [0, 0.05) is 18.1 Å². The highest BCUT2D eigenvalue weighted by Crippen LogP contribution is 2.17. The molecule has 0 bridgehead atoms. The van der Waals surface area contributed by atoms with Gasteiger partial charge in [-0.05, 0) is 6.42 Å². The summed E-state index contributed by atoms with van der Waals surface area (Å²) in [5.74, 6) is -0.276. The summed E-state index contributed by atoms with van der Waals surface area (Å²) in [4.78, 5) is 15.7. The van der Waals surface area contributed by atoms with Crippen molar-refractivity contribution in [3.05, 3.63) is 16.6 Å². The second-order valence-electron chi connectivity index (χ2n) is 3.13. The molecule has 8 heteroatoms. The van der Waals surface area contributed by atoms with Gasteiger partial charge in [-0.25, -0.2) is 4.98 Å². The van der Waals surface area contributed by atoms with Gasteiger partial charge in [0.25, 0.3) is 5.91 Å². The first-order valence-corrected chi connectivity index (χ1v) is 6.77. The maximum absolute atomic E-state index is 11.7. The first-order chi connectivity index (χ1) is 8.29. The van der Waals surface area contributed by atoms with Crippen LogP contribution in [0.1, 0.15) is 23.1 Å². The quantitative estimate of drug-likeness (QED) is 0.868. The van der Waals surface area contributed by atoms with Crippen LogP contribution in [-0.4, -0.2) is 27.6 Å². The van der Waals surface area contributed by atoms with Gasteiger partial charge < -0.3 is 5.32 Å². The van der Waals surface area contributed by atoms with E-state index >= 15 is 0 Å². The summed E-state index contributed by atoms with van der Waals surface area (Å²) in [6.45, 7) is 2.88. The van der Waals surface area contributed by atoms with Crippen molar-refractivity contribution in [1.82, 2.24) is 15.2 Å². The molecular formula is C9H11N5OS2. The second kappa shape index (κ2) is 5.69. The zero-order chi connectivity index (χ0) is 12.1. The Morgan fingerprint density at radius 3 is 3.00 bits per heavy atom. The second-order valence-corrected chi connectivity index (χ2v) is 5.00. The van der Waals surface area contributed by atoms with E-state index < -0.39 is 0 Å². The van der Waals surface area contributed by atoms with Gasteiger partial charge >= 0.3 is 0 Å². The molecule has 2 N–H and O–H groups in total. The van der Waals surface area contributed by atoms with Crippen LogP contribution in [0.4, 0.5) is 10.3 Å². The molecule has 0 aromatic carbocycles. The number of rotatable bonds is 5. The van der Waals surface area contributed by atoms with Crippen LogP contribution in [0.3, 0.4) is 0 Å². The Balaban J connectivity index is 1.97. The molecule has 2 aromatic heterocycles. The lowest BCUT2D eigenvalue weighted by Gasteiger charge is -1.96. The van der Waals surface area contributed by atoms with Crippen LogP contribution >= 0.6 is 22.7 Å². The highest BCUT2D eigenvalue weighted by molar-refractivity contribution is 7.17. The molecule has 0 radical (unpaired) electrons. The van der Waals surface area contributed by atoms with E-state index in [1.165, 1.54) is 22.7 Å². The SMILES string of the molecule is CCCNc1nnc(C(=O)Nc2nccs2)s1. The summed E-state index contributed by atoms with van der Waals surface area (Å²) in [5, 5.41) is 16.8. The molecule has 0 fully saturated rings. The fourth-order valence-electron chi connectivity index (χ4n) is 1.05. The molecular weight excluding hydrogens is 258 g/mol. The molecule has 17 heavy (non-hydrogen) atoms. The molecule has 2 aromatic rings. The largest absolute Gasteiger partial charge is 0.360 e. The van der Waals surface area contributed by atoms with Gasteiger partial charge in [0.15, 0.2) is 5.13 Å². The van der Waals surface area contributed by atoms with Crippen molar-refractivity contribution >= 4 is 38.8 Å². The Morgan fingerprint density at radius 2 is 2.29 bits per heavy atom. The summed E-state index contributed by atoms with van der Waals surface area (Å²) in [5.41, 5.74) is 0. The minimum absolute atomic E-state index is 0.276. The predicted octanol–water partition coefficient (Wildman–Crippen LogP) is 2.07. The summed E-state index contributed by atoms with van der Waals surface area (Å²) in [6.07, 6.45) is 2.63. The fraction of sp³-hybridized carbons (Fsp3) is 0.333. The molecule has 1 amide bonds. The Morgan fingerprint density at radius 1 is 1.41 bits per heavy atom. The van der Waals surface area contributed by atoms with Crippen LogP contribution in [0.25, 0.3) is 0 Å². The first kappa shape index (κ1) is 11.9. The number of hydrogen-bond acceptors (Lipinski definition) is 7. The van der Waals surface area contributed by atoms with E-state index in [0.29, 0.717) is 15.3 Å². The van der Waals surface area contributed by atoms with Gasteiger partial charge in [0.05, 0.1) is 0 Å². The lowest BCUT2D eigenvalue weighted by Crippen LogP contribution is -2.11. The zero-order valence-electron chi connectivity index (χ0n) is 9.14. The van der Waals surface area contributed by atoms with Gasteiger partial charge in [-0.3, -0.25) is 10.1 Å². The molecule has 6 nitrogen and oxygen atoms in total. The number of anilines is 2. The average molecular weight is 269 g/mol. The zero-order valence-corrected chi connectivity index (χ0v) is 10.8. The number of carbonyl (C=O) groups is 1. The Hall–Kier alpha value is -1.54. The Bertz CT molecular complexity index is 481. The average Bonchev–Trinajstić information content (AvgIpc) is 2.96. The molecule has 2 heterocycles. The topological polar surface area (TPSA) is 79.8 Å². The van der Waals surface area contributed by atoms with Crippen molar-refractivity contribution in [1.29, 1.82) is 0 Å². The highest BCUT2D eigenvalue weighted by Gasteiger charge is 2.13. The monoisotopic (exact) mass is 269 g/mol. The number of thiazole rings is 1. The van der Waals surface area contributed by atoms with Crippen LogP contribution in [0.2, 0.25) is 0 Å². The van der Waals surface area contributed by atoms with Gasteiger partial charge in [-0.15, -0.1) is 21.5 Å². The number of carbonyl (C=O) groups excluding carboxylic acids is 1. The van der Waals surface area contributed by atoms with Crippen LogP contribution in [0.15, 0.2) is 11.6 Å². The van der Waals surface area contributed by atoms with Gasteiger partial charge in [0.2, 0.25) is 10.1 Å². The van der Waals surface area contributed by atoms with E-state index in [2.05, 4.69) is 32.7 Å². The molecule has 0 aliphatic rings. The summed E-state index contributed by atoms with van der Waals surface area (Å²) in [7, 11) is 0. The number of nitrogens with zero attached hydrogens (tertiary/aromatic N) is 3. The van der Waals surface area contributed by atoms with Crippen LogP contribution < -0.4 is 10.6 Å². The third-order valence-electron chi connectivity index (χ3n) is 1.80. The van der Waals surface area contributed by atoms with E-state index in [1.807, 2.05) is 0 Å². The lowest BCUT2D eigenvalue weighted by atomic mass is 10.5. The van der Waals surface area contributed by atoms with Crippen LogP contribution in [-0.2, 0) is 0 Å². The van der Waals surface area contributed by atoms with E-state index in [0.717, 1.165) is 13.0 Å². The van der Waals surface area contributed by atoms with E-state index in [-0.39, 0.29) is 5.91 Å². The molecule has 0 aliphatic carbocycles. The van der Waals surface area contributed by atoms with Gasteiger partial charge in [0.1, 0.15) is 0 Å². The van der Waals surface area contributed by atoms with Crippen molar-refractivity contribution in [2.45, 2.75) is 13.3 Å². The van der Waals surface area contributed by atoms with Crippen LogP contribution in [0.5, 0.6) is 0 Å². The molecule has 0 saturated carbocycles. The third-order valence-corrected chi connectivity index (χ3v) is 3.37. The van der Waals surface area contributed by atoms with Crippen LogP contribution in [0, 0.1) is 0 Å². The number of hydrogen-bond donors (Lipinski definition) is 2.